The van der Waals surface area contributed by atoms with E-state index in [0.717, 1.165) is 18.4 Å². The van der Waals surface area contributed by atoms with Crippen LogP contribution in [0.15, 0.2) is 0 Å². The third-order valence-electron chi connectivity index (χ3n) is 5.47. The Kier molecular flexibility index (Phi) is 2.73. The highest BCUT2D eigenvalue weighted by Crippen LogP contribution is 2.57. The van der Waals surface area contributed by atoms with Gasteiger partial charge in [0.25, 0.3) is 0 Å². The fourth-order valence-electron chi connectivity index (χ4n) is 4.09. The quantitative estimate of drug-likeness (QED) is 0.617. The predicted octanol–water partition coefficient (Wildman–Crippen LogP) is 0.831. The van der Waals surface area contributed by atoms with Crippen LogP contribution in [0.5, 0.6) is 0 Å². The van der Waals surface area contributed by atoms with E-state index in [9.17, 15) is 0 Å². The van der Waals surface area contributed by atoms with E-state index < -0.39 is 0 Å². The molecule has 3 rings (SSSR count). The third-order valence-corrected chi connectivity index (χ3v) is 5.47. The molecule has 92 valence electrons. The van der Waals surface area contributed by atoms with E-state index in [1.807, 2.05) is 0 Å². The van der Waals surface area contributed by atoms with Gasteiger partial charge in [-0.15, -0.1) is 0 Å². The topological polar surface area (TPSA) is 64.1 Å². The van der Waals surface area contributed by atoms with Crippen LogP contribution >= 0.6 is 0 Å². The highest BCUT2D eigenvalue weighted by molar-refractivity contribution is 5.08. The van der Waals surface area contributed by atoms with Gasteiger partial charge < -0.3 is 16.8 Å². The van der Waals surface area contributed by atoms with Gasteiger partial charge in [-0.2, -0.15) is 0 Å². The number of rotatable bonds is 1. The molecule has 2 aliphatic carbocycles. The molecule has 3 fully saturated rings. The lowest BCUT2D eigenvalue weighted by molar-refractivity contribution is 0.145. The number of hydrogen-bond donors (Lipinski definition) is 3. The normalized spacial score (nSPS) is 52.9. The Morgan fingerprint density at radius 3 is 2.31 bits per heavy atom. The van der Waals surface area contributed by atoms with Gasteiger partial charge in [0.15, 0.2) is 0 Å². The molecule has 0 radical (unpaired) electrons. The summed E-state index contributed by atoms with van der Waals surface area (Å²) in [5.41, 5.74) is 12.9. The maximum absolute atomic E-state index is 6.23. The van der Waals surface area contributed by atoms with E-state index >= 15 is 0 Å². The standard InChI is InChI=1S/C13H25N3/c14-11-8-16-6-3-10(11)9-1-4-13(5-2-9)7-12(13)15/h9-12,16H,1-8,14-15H2. The lowest BCUT2D eigenvalue weighted by Gasteiger charge is -2.39. The number of hydrogen-bond acceptors (Lipinski definition) is 3. The first kappa shape index (κ1) is 11.0. The Labute approximate surface area is 98.3 Å². The molecule has 0 bridgehead atoms. The van der Waals surface area contributed by atoms with Gasteiger partial charge in [-0.05, 0) is 62.3 Å². The molecule has 5 N–H and O–H groups in total. The Bertz CT molecular complexity index is 258. The fourth-order valence-corrected chi connectivity index (χ4v) is 4.09. The number of nitrogens with two attached hydrogens (primary N) is 2. The molecule has 3 aliphatic rings. The molecule has 3 unspecified atom stereocenters. The highest BCUT2D eigenvalue weighted by Gasteiger charge is 2.53. The number of piperidine rings is 1. The minimum absolute atomic E-state index is 0.390. The van der Waals surface area contributed by atoms with Crippen molar-refractivity contribution in [3.63, 3.8) is 0 Å². The van der Waals surface area contributed by atoms with Gasteiger partial charge in [-0.25, -0.2) is 0 Å². The first-order valence-electron chi connectivity index (χ1n) is 6.93. The predicted molar refractivity (Wildman–Crippen MR) is 65.9 cm³/mol. The van der Waals surface area contributed by atoms with E-state index in [1.54, 1.807) is 0 Å². The van der Waals surface area contributed by atoms with Crippen molar-refractivity contribution in [2.45, 2.75) is 50.6 Å². The summed E-state index contributed by atoms with van der Waals surface area (Å²) in [6.07, 6.45) is 8.08. The van der Waals surface area contributed by atoms with Crippen molar-refractivity contribution < 1.29 is 0 Å². The average Bonchev–Trinajstić information content (AvgIpc) is 2.91. The van der Waals surface area contributed by atoms with E-state index in [4.69, 9.17) is 11.5 Å². The average molecular weight is 223 g/mol. The van der Waals surface area contributed by atoms with Gasteiger partial charge >= 0.3 is 0 Å². The lowest BCUT2D eigenvalue weighted by Crippen LogP contribution is -2.49. The molecule has 3 atom stereocenters. The first-order valence-corrected chi connectivity index (χ1v) is 6.93. The molecule has 1 spiro atoms. The third kappa shape index (κ3) is 1.79. The summed E-state index contributed by atoms with van der Waals surface area (Å²) >= 11 is 0. The lowest BCUT2D eigenvalue weighted by atomic mass is 9.70. The van der Waals surface area contributed by atoms with E-state index in [2.05, 4.69) is 5.32 Å². The van der Waals surface area contributed by atoms with Crippen LogP contribution in [-0.2, 0) is 0 Å². The Balaban J connectivity index is 1.57. The Morgan fingerprint density at radius 1 is 1.06 bits per heavy atom. The molecular weight excluding hydrogens is 198 g/mol. The molecule has 1 heterocycles. The van der Waals surface area contributed by atoms with Crippen molar-refractivity contribution in [3.05, 3.63) is 0 Å². The summed E-state index contributed by atoms with van der Waals surface area (Å²) in [6, 6.07) is 0.913. The second-order valence-corrected chi connectivity index (χ2v) is 6.33. The van der Waals surface area contributed by atoms with Crippen molar-refractivity contribution in [1.82, 2.24) is 5.32 Å². The second-order valence-electron chi connectivity index (χ2n) is 6.33. The highest BCUT2D eigenvalue weighted by atomic mass is 14.9. The zero-order chi connectivity index (χ0) is 11.2. The molecule has 0 aromatic carbocycles. The van der Waals surface area contributed by atoms with Gasteiger partial charge in [0.1, 0.15) is 0 Å². The van der Waals surface area contributed by atoms with E-state index in [-0.39, 0.29) is 0 Å². The van der Waals surface area contributed by atoms with Crippen LogP contribution in [0.25, 0.3) is 0 Å². The zero-order valence-corrected chi connectivity index (χ0v) is 10.1. The Morgan fingerprint density at radius 2 is 1.75 bits per heavy atom. The molecule has 0 aromatic heterocycles. The summed E-state index contributed by atoms with van der Waals surface area (Å²) < 4.78 is 0. The van der Waals surface area contributed by atoms with Crippen LogP contribution in [0.3, 0.4) is 0 Å². The van der Waals surface area contributed by atoms with Crippen LogP contribution in [0.4, 0.5) is 0 Å². The second kappa shape index (κ2) is 3.97. The molecule has 0 amide bonds. The monoisotopic (exact) mass is 223 g/mol. The van der Waals surface area contributed by atoms with Crippen LogP contribution in [0.1, 0.15) is 38.5 Å². The van der Waals surface area contributed by atoms with Crippen LogP contribution in [0.2, 0.25) is 0 Å². The minimum Gasteiger partial charge on any atom is -0.327 e. The minimum atomic E-state index is 0.390. The summed E-state index contributed by atoms with van der Waals surface area (Å²) in [6.45, 7) is 2.19. The van der Waals surface area contributed by atoms with Crippen molar-refractivity contribution in [2.24, 2.45) is 28.7 Å². The SMILES string of the molecule is NC1CNCCC1C1CCC2(CC1)CC2N. The number of nitrogens with one attached hydrogen (secondary N) is 1. The van der Waals surface area contributed by atoms with Crippen molar-refractivity contribution in [3.8, 4) is 0 Å². The Hall–Kier alpha value is -0.120. The van der Waals surface area contributed by atoms with Gasteiger partial charge in [0.05, 0.1) is 0 Å². The van der Waals surface area contributed by atoms with E-state index in [1.165, 1.54) is 45.1 Å². The van der Waals surface area contributed by atoms with Gasteiger partial charge in [0.2, 0.25) is 0 Å². The molecule has 1 saturated heterocycles. The molecular formula is C13H25N3. The molecule has 1 aliphatic heterocycles. The van der Waals surface area contributed by atoms with Gasteiger partial charge in [0, 0.05) is 18.6 Å². The van der Waals surface area contributed by atoms with Crippen molar-refractivity contribution in [2.75, 3.05) is 13.1 Å². The van der Waals surface area contributed by atoms with Gasteiger partial charge in [-0.3, -0.25) is 0 Å². The maximum Gasteiger partial charge on any atom is 0.0197 e. The summed E-state index contributed by atoms with van der Waals surface area (Å²) in [7, 11) is 0. The van der Waals surface area contributed by atoms with Crippen LogP contribution in [0, 0.1) is 17.3 Å². The maximum atomic E-state index is 6.23. The zero-order valence-electron chi connectivity index (χ0n) is 10.1. The molecule has 3 heteroatoms. The first-order chi connectivity index (χ1) is 7.71. The van der Waals surface area contributed by atoms with Gasteiger partial charge in [-0.1, -0.05) is 0 Å². The fraction of sp³-hybridized carbons (Fsp3) is 1.00. The largest absolute Gasteiger partial charge is 0.327 e. The van der Waals surface area contributed by atoms with Crippen LogP contribution in [-0.4, -0.2) is 25.2 Å². The van der Waals surface area contributed by atoms with E-state index in [0.29, 0.717) is 17.5 Å². The van der Waals surface area contributed by atoms with Crippen molar-refractivity contribution >= 4 is 0 Å². The van der Waals surface area contributed by atoms with Crippen LogP contribution < -0.4 is 16.8 Å². The molecule has 0 aromatic rings. The summed E-state index contributed by atoms with van der Waals surface area (Å²) in [4.78, 5) is 0. The summed E-state index contributed by atoms with van der Waals surface area (Å²) in [5, 5.41) is 3.39. The van der Waals surface area contributed by atoms with Crippen molar-refractivity contribution in [1.29, 1.82) is 0 Å². The molecule has 16 heavy (non-hydrogen) atoms. The summed E-state index contributed by atoms with van der Waals surface area (Å²) in [5.74, 6) is 1.66. The molecule has 2 saturated carbocycles. The smallest absolute Gasteiger partial charge is 0.0197 e. The molecule has 3 nitrogen and oxygen atoms in total.